The van der Waals surface area contributed by atoms with Crippen LogP contribution in [-0.2, 0) is 4.79 Å². The van der Waals surface area contributed by atoms with E-state index in [9.17, 15) is 9.59 Å². The number of carbonyl (C=O) groups excluding carboxylic acids is 1. The molecule has 0 spiro atoms. The van der Waals surface area contributed by atoms with E-state index in [2.05, 4.69) is 10.4 Å². The summed E-state index contributed by atoms with van der Waals surface area (Å²) in [6, 6.07) is 9.76. The molecule has 1 heterocycles. The molecular weight excluding hydrogens is 318 g/mol. The van der Waals surface area contributed by atoms with Gasteiger partial charge in [0, 0.05) is 12.0 Å². The molecule has 0 unspecified atom stereocenters. The summed E-state index contributed by atoms with van der Waals surface area (Å²) in [7, 11) is 0. The normalized spacial score (nSPS) is 22.7. The number of nitrogens with one attached hydrogen (secondary N) is 1. The van der Waals surface area contributed by atoms with Gasteiger partial charge in [0.15, 0.2) is 0 Å². The third-order valence-corrected chi connectivity index (χ3v) is 5.13. The average molecular weight is 339 g/mol. The van der Waals surface area contributed by atoms with Crippen LogP contribution in [0.3, 0.4) is 0 Å². The zero-order valence-corrected chi connectivity index (χ0v) is 13.9. The zero-order valence-electron chi connectivity index (χ0n) is 13.9. The van der Waals surface area contributed by atoms with E-state index < -0.39 is 5.97 Å². The Balaban J connectivity index is 1.55. The summed E-state index contributed by atoms with van der Waals surface area (Å²) in [4.78, 5) is 23.9. The number of para-hydroxylation sites is 1. The van der Waals surface area contributed by atoms with Gasteiger partial charge >= 0.3 is 5.97 Å². The molecule has 1 amide bonds. The van der Waals surface area contributed by atoms with Gasteiger partial charge in [0.05, 0.1) is 29.1 Å². The molecule has 6 heteroatoms. The number of nitrogens with zero attached hydrogens (tertiary/aromatic N) is 2. The predicted octanol–water partition coefficient (Wildman–Crippen LogP) is 2.73. The third-order valence-electron chi connectivity index (χ3n) is 5.13. The number of aromatic nitrogens is 2. The average Bonchev–Trinajstić information content (AvgIpc) is 3.17. The van der Waals surface area contributed by atoms with Crippen molar-refractivity contribution < 1.29 is 14.7 Å². The topological polar surface area (TPSA) is 84.2 Å². The van der Waals surface area contributed by atoms with Crippen LogP contribution in [0.4, 0.5) is 0 Å². The molecule has 2 saturated carbocycles. The van der Waals surface area contributed by atoms with E-state index in [1.54, 1.807) is 6.20 Å². The van der Waals surface area contributed by atoms with Gasteiger partial charge in [0.25, 0.3) is 5.91 Å². The maximum atomic E-state index is 12.8. The van der Waals surface area contributed by atoms with E-state index in [0.29, 0.717) is 30.7 Å². The predicted molar refractivity (Wildman–Crippen MR) is 91.8 cm³/mol. The minimum absolute atomic E-state index is 0.0688. The molecule has 2 aliphatic carbocycles. The summed E-state index contributed by atoms with van der Waals surface area (Å²) >= 11 is 0. The lowest BCUT2D eigenvalue weighted by molar-refractivity contribution is -0.141. The van der Waals surface area contributed by atoms with Crippen LogP contribution in [0.2, 0.25) is 0 Å². The molecule has 4 rings (SSSR count). The van der Waals surface area contributed by atoms with Crippen molar-refractivity contribution in [1.82, 2.24) is 15.1 Å². The Morgan fingerprint density at radius 2 is 1.88 bits per heavy atom. The SMILES string of the molecule is O=C(N[C@@H]1CC[C@H](C(=O)O)C1)c1cnn(-c2ccccc2)c1C1CC1. The standard InChI is InChI=1S/C19H21N3O3/c23-18(21-14-9-8-13(10-14)19(24)25)16-11-20-22(17(16)12-6-7-12)15-4-2-1-3-5-15/h1-5,11-14H,6-10H2,(H,21,23)(H,24,25)/t13-,14+/m0/s1. The molecule has 2 aromatic rings. The number of hydrogen-bond donors (Lipinski definition) is 2. The van der Waals surface area contributed by atoms with Crippen LogP contribution >= 0.6 is 0 Å². The lowest BCUT2D eigenvalue weighted by Gasteiger charge is -2.13. The second-order valence-electron chi connectivity index (χ2n) is 6.98. The quantitative estimate of drug-likeness (QED) is 0.877. The van der Waals surface area contributed by atoms with Crippen LogP contribution in [0, 0.1) is 5.92 Å². The van der Waals surface area contributed by atoms with Gasteiger partial charge in [-0.05, 0) is 44.2 Å². The fourth-order valence-electron chi connectivity index (χ4n) is 3.66. The Morgan fingerprint density at radius 3 is 2.52 bits per heavy atom. The first kappa shape index (κ1) is 15.9. The van der Waals surface area contributed by atoms with Gasteiger partial charge in [-0.3, -0.25) is 9.59 Å². The second kappa shape index (κ2) is 6.35. The molecule has 2 N–H and O–H groups in total. The first-order valence-corrected chi connectivity index (χ1v) is 8.80. The molecule has 1 aromatic carbocycles. The van der Waals surface area contributed by atoms with Crippen molar-refractivity contribution in [1.29, 1.82) is 0 Å². The Hall–Kier alpha value is -2.63. The van der Waals surface area contributed by atoms with Crippen LogP contribution < -0.4 is 5.32 Å². The molecular formula is C19H21N3O3. The van der Waals surface area contributed by atoms with Gasteiger partial charge in [-0.1, -0.05) is 18.2 Å². The Bertz CT molecular complexity index is 796. The van der Waals surface area contributed by atoms with Crippen molar-refractivity contribution in [2.45, 2.75) is 44.1 Å². The number of hydrogen-bond acceptors (Lipinski definition) is 3. The molecule has 0 saturated heterocycles. The van der Waals surface area contributed by atoms with Crippen molar-refractivity contribution >= 4 is 11.9 Å². The highest BCUT2D eigenvalue weighted by atomic mass is 16.4. The number of carboxylic acid groups (broad SMARTS) is 1. The van der Waals surface area contributed by atoms with E-state index in [1.165, 1.54) is 0 Å². The molecule has 2 atom stereocenters. The molecule has 0 aliphatic heterocycles. The zero-order chi connectivity index (χ0) is 17.4. The minimum atomic E-state index is -0.771. The Kier molecular flexibility index (Phi) is 4.03. The number of carboxylic acids is 1. The molecule has 130 valence electrons. The number of benzene rings is 1. The lowest BCUT2D eigenvalue weighted by atomic mass is 10.1. The van der Waals surface area contributed by atoms with Gasteiger partial charge in [-0.25, -0.2) is 4.68 Å². The molecule has 25 heavy (non-hydrogen) atoms. The molecule has 1 aromatic heterocycles. The number of aliphatic carboxylic acids is 1. The number of rotatable bonds is 5. The summed E-state index contributed by atoms with van der Waals surface area (Å²) in [5, 5.41) is 16.6. The van der Waals surface area contributed by atoms with Crippen LogP contribution in [-0.4, -0.2) is 32.8 Å². The Labute approximate surface area is 145 Å². The van der Waals surface area contributed by atoms with Crippen molar-refractivity contribution in [3.63, 3.8) is 0 Å². The summed E-state index contributed by atoms with van der Waals surface area (Å²) in [6.45, 7) is 0. The molecule has 2 fully saturated rings. The molecule has 0 bridgehead atoms. The van der Waals surface area contributed by atoms with Crippen LogP contribution in [0.25, 0.3) is 5.69 Å². The number of amides is 1. The monoisotopic (exact) mass is 339 g/mol. The van der Waals surface area contributed by atoms with Crippen LogP contribution in [0.15, 0.2) is 36.5 Å². The maximum Gasteiger partial charge on any atom is 0.306 e. The van der Waals surface area contributed by atoms with Gasteiger partial charge in [-0.15, -0.1) is 0 Å². The largest absolute Gasteiger partial charge is 0.481 e. The summed E-state index contributed by atoms with van der Waals surface area (Å²) in [5.74, 6) is -0.883. The summed E-state index contributed by atoms with van der Waals surface area (Å²) < 4.78 is 1.86. The molecule has 6 nitrogen and oxygen atoms in total. The third kappa shape index (κ3) is 3.16. The number of carbonyl (C=O) groups is 2. The van der Waals surface area contributed by atoms with Crippen LogP contribution in [0.1, 0.15) is 54.1 Å². The molecule has 2 aliphatic rings. The van der Waals surface area contributed by atoms with Crippen molar-refractivity contribution in [2.75, 3.05) is 0 Å². The van der Waals surface area contributed by atoms with Gasteiger partial charge in [-0.2, -0.15) is 5.10 Å². The highest BCUT2D eigenvalue weighted by Crippen LogP contribution is 2.42. The van der Waals surface area contributed by atoms with Crippen LogP contribution in [0.5, 0.6) is 0 Å². The highest BCUT2D eigenvalue weighted by molar-refractivity contribution is 5.95. The second-order valence-corrected chi connectivity index (χ2v) is 6.98. The van der Waals surface area contributed by atoms with E-state index in [-0.39, 0.29) is 17.9 Å². The van der Waals surface area contributed by atoms with Gasteiger partial charge in [0.2, 0.25) is 0 Å². The van der Waals surface area contributed by atoms with E-state index in [0.717, 1.165) is 24.2 Å². The first-order chi connectivity index (χ1) is 12.1. The summed E-state index contributed by atoms with van der Waals surface area (Å²) in [6.07, 6.45) is 5.63. The first-order valence-electron chi connectivity index (χ1n) is 8.80. The minimum Gasteiger partial charge on any atom is -0.481 e. The lowest BCUT2D eigenvalue weighted by Crippen LogP contribution is -2.33. The van der Waals surface area contributed by atoms with E-state index in [4.69, 9.17) is 5.11 Å². The smallest absolute Gasteiger partial charge is 0.306 e. The van der Waals surface area contributed by atoms with Crippen molar-refractivity contribution in [2.24, 2.45) is 5.92 Å². The van der Waals surface area contributed by atoms with E-state index >= 15 is 0 Å². The summed E-state index contributed by atoms with van der Waals surface area (Å²) in [5.41, 5.74) is 2.54. The van der Waals surface area contributed by atoms with E-state index in [1.807, 2.05) is 35.0 Å². The maximum absolute atomic E-state index is 12.8. The molecule has 0 radical (unpaired) electrons. The van der Waals surface area contributed by atoms with Gasteiger partial charge < -0.3 is 10.4 Å². The van der Waals surface area contributed by atoms with Crippen molar-refractivity contribution in [3.8, 4) is 5.69 Å². The fourth-order valence-corrected chi connectivity index (χ4v) is 3.66. The highest BCUT2D eigenvalue weighted by Gasteiger charge is 2.35. The fraction of sp³-hybridized carbons (Fsp3) is 0.421. The van der Waals surface area contributed by atoms with Gasteiger partial charge in [0.1, 0.15) is 0 Å². The van der Waals surface area contributed by atoms with Crippen molar-refractivity contribution in [3.05, 3.63) is 47.8 Å². The Morgan fingerprint density at radius 1 is 1.12 bits per heavy atom.